The Labute approximate surface area is 110 Å². The van der Waals surface area contributed by atoms with Gasteiger partial charge in [-0.05, 0) is 23.4 Å². The van der Waals surface area contributed by atoms with Gasteiger partial charge in [-0.15, -0.1) is 0 Å². The van der Waals surface area contributed by atoms with E-state index in [9.17, 15) is 0 Å². The number of ether oxygens (including phenoxy) is 1. The van der Waals surface area contributed by atoms with Crippen molar-refractivity contribution in [3.8, 4) is 0 Å². The molecule has 0 aliphatic carbocycles. The van der Waals surface area contributed by atoms with Crippen molar-refractivity contribution in [3.63, 3.8) is 0 Å². The highest BCUT2D eigenvalue weighted by atomic mass is 16.5. The van der Waals surface area contributed by atoms with Crippen LogP contribution >= 0.6 is 0 Å². The fraction of sp³-hybridized carbons (Fsp3) is 0.400. The van der Waals surface area contributed by atoms with Gasteiger partial charge < -0.3 is 9.64 Å². The molecule has 3 nitrogen and oxygen atoms in total. The Balaban J connectivity index is 2.68. The fourth-order valence-corrected chi connectivity index (χ4v) is 1.48. The highest BCUT2D eigenvalue weighted by Gasteiger charge is 2.04. The molecule has 0 aromatic carbocycles. The van der Waals surface area contributed by atoms with Crippen molar-refractivity contribution in [1.29, 1.82) is 0 Å². The molecule has 18 heavy (non-hydrogen) atoms. The lowest BCUT2D eigenvalue weighted by molar-refractivity contribution is -0.458. The van der Waals surface area contributed by atoms with Crippen LogP contribution in [-0.2, 0) is 4.74 Å². The first-order chi connectivity index (χ1) is 8.58. The third-order valence-electron chi connectivity index (χ3n) is 2.30. The summed E-state index contributed by atoms with van der Waals surface area (Å²) in [5, 5.41) is 0. The largest absolute Gasteiger partial charge is 0.383 e. The molecule has 0 amide bonds. The lowest BCUT2D eigenvalue weighted by Crippen LogP contribution is -2.07. The van der Waals surface area contributed by atoms with Crippen LogP contribution in [0.1, 0.15) is 0 Å². The molecule has 1 aliphatic heterocycles. The van der Waals surface area contributed by atoms with Crippen molar-refractivity contribution in [1.82, 2.24) is 4.90 Å². The van der Waals surface area contributed by atoms with E-state index in [1.165, 1.54) is 11.1 Å². The van der Waals surface area contributed by atoms with Gasteiger partial charge in [-0.2, -0.15) is 0 Å². The Morgan fingerprint density at radius 2 is 2.00 bits per heavy atom. The highest BCUT2D eigenvalue weighted by molar-refractivity contribution is 5.67. The number of nitrogens with zero attached hydrogens (tertiary/aromatic N) is 2. The van der Waals surface area contributed by atoms with Crippen molar-refractivity contribution in [2.24, 2.45) is 0 Å². The maximum absolute atomic E-state index is 5.55. The van der Waals surface area contributed by atoms with Gasteiger partial charge >= 0.3 is 0 Å². The molecule has 1 aliphatic rings. The SMILES string of the molecule is CN(C)/C=C/C=C1C=C(/C=C/C=[N+](C)C)COC/1. The summed E-state index contributed by atoms with van der Waals surface area (Å²) in [4.78, 5) is 2.01. The average molecular weight is 247 g/mol. The molecule has 0 N–H and O–H groups in total. The lowest BCUT2D eigenvalue weighted by Gasteiger charge is -2.13. The maximum atomic E-state index is 5.55. The molecule has 0 radical (unpaired) electrons. The van der Waals surface area contributed by atoms with E-state index in [4.69, 9.17) is 4.74 Å². The zero-order valence-corrected chi connectivity index (χ0v) is 11.8. The third kappa shape index (κ3) is 6.21. The molecule has 1 rings (SSSR count). The van der Waals surface area contributed by atoms with Gasteiger partial charge in [0.25, 0.3) is 0 Å². The summed E-state index contributed by atoms with van der Waals surface area (Å²) in [7, 11) is 8.03. The summed E-state index contributed by atoms with van der Waals surface area (Å²) in [5.74, 6) is 0. The molecule has 3 heteroatoms. The van der Waals surface area contributed by atoms with Crippen LogP contribution in [-0.4, -0.2) is 57.1 Å². The number of hydrogen-bond donors (Lipinski definition) is 0. The highest BCUT2D eigenvalue weighted by Crippen LogP contribution is 2.12. The Hall–Kier alpha value is -1.61. The first-order valence-corrected chi connectivity index (χ1v) is 6.08. The molecule has 0 aromatic heterocycles. The van der Waals surface area contributed by atoms with E-state index < -0.39 is 0 Å². The van der Waals surface area contributed by atoms with E-state index in [2.05, 4.69) is 18.2 Å². The van der Waals surface area contributed by atoms with E-state index in [0.717, 1.165) is 0 Å². The number of rotatable bonds is 4. The van der Waals surface area contributed by atoms with E-state index in [1.807, 2.05) is 62.2 Å². The Morgan fingerprint density at radius 1 is 1.22 bits per heavy atom. The van der Waals surface area contributed by atoms with E-state index >= 15 is 0 Å². The van der Waals surface area contributed by atoms with E-state index in [1.54, 1.807) is 0 Å². The summed E-state index contributed by atoms with van der Waals surface area (Å²) in [6.07, 6.45) is 14.5. The van der Waals surface area contributed by atoms with Crippen molar-refractivity contribution >= 4 is 6.21 Å². The first-order valence-electron chi connectivity index (χ1n) is 6.08. The maximum Gasteiger partial charge on any atom is 0.162 e. The van der Waals surface area contributed by atoms with Crippen LogP contribution in [0.3, 0.4) is 0 Å². The fourth-order valence-electron chi connectivity index (χ4n) is 1.48. The zero-order valence-electron chi connectivity index (χ0n) is 11.8. The van der Waals surface area contributed by atoms with Crippen molar-refractivity contribution in [2.45, 2.75) is 0 Å². The minimum atomic E-state index is 0.687. The topological polar surface area (TPSA) is 15.5 Å². The van der Waals surface area contributed by atoms with Crippen LogP contribution in [0.4, 0.5) is 0 Å². The standard InChI is InChI=1S/C15H23N2O/c1-16(2)9-5-7-14-11-15(13-18-12-14)8-6-10-17(3)4/h5-11H,12-13H2,1-4H3/q+1. The molecule has 1 heterocycles. The second-order valence-electron chi connectivity index (χ2n) is 4.73. The van der Waals surface area contributed by atoms with E-state index in [-0.39, 0.29) is 0 Å². The smallest absolute Gasteiger partial charge is 0.162 e. The molecule has 0 spiro atoms. The molecule has 0 bridgehead atoms. The van der Waals surface area contributed by atoms with Gasteiger partial charge in [0.2, 0.25) is 0 Å². The first kappa shape index (κ1) is 14.5. The Kier molecular flexibility index (Phi) is 6.15. The summed E-state index contributed by atoms with van der Waals surface area (Å²) < 4.78 is 7.56. The molecule has 0 saturated carbocycles. The second kappa shape index (κ2) is 7.67. The normalized spacial score (nSPS) is 18.4. The second-order valence-corrected chi connectivity index (χ2v) is 4.73. The molecule has 0 atom stereocenters. The zero-order chi connectivity index (χ0) is 13.4. The minimum Gasteiger partial charge on any atom is -0.383 e. The molecule has 0 saturated heterocycles. The van der Waals surface area contributed by atoms with Gasteiger partial charge in [0, 0.05) is 20.2 Å². The van der Waals surface area contributed by atoms with Crippen LogP contribution in [0.2, 0.25) is 0 Å². The number of allylic oxidation sites excluding steroid dienone is 3. The van der Waals surface area contributed by atoms with Gasteiger partial charge in [0.15, 0.2) is 6.21 Å². The van der Waals surface area contributed by atoms with Crippen LogP contribution in [0, 0.1) is 0 Å². The summed E-state index contributed by atoms with van der Waals surface area (Å²) in [6, 6.07) is 0. The monoisotopic (exact) mass is 247 g/mol. The number of hydrogen-bond acceptors (Lipinski definition) is 2. The average Bonchev–Trinajstić information content (AvgIpc) is 2.28. The molecule has 0 aromatic rings. The van der Waals surface area contributed by atoms with Crippen molar-refractivity contribution in [2.75, 3.05) is 41.4 Å². The Morgan fingerprint density at radius 3 is 2.67 bits per heavy atom. The van der Waals surface area contributed by atoms with Crippen LogP contribution < -0.4 is 0 Å². The van der Waals surface area contributed by atoms with Gasteiger partial charge in [0.1, 0.15) is 14.1 Å². The van der Waals surface area contributed by atoms with Crippen molar-refractivity contribution < 1.29 is 9.31 Å². The molecule has 0 fully saturated rings. The van der Waals surface area contributed by atoms with Gasteiger partial charge in [0.05, 0.1) is 13.2 Å². The summed E-state index contributed by atoms with van der Waals surface area (Å²) in [5.41, 5.74) is 2.40. The predicted octanol–water partition coefficient (Wildman–Crippen LogP) is 1.84. The Bertz CT molecular complexity index is 408. The van der Waals surface area contributed by atoms with E-state index in [0.29, 0.717) is 13.2 Å². The molecular formula is C15H23N2O+. The molecular weight excluding hydrogens is 224 g/mol. The summed E-state index contributed by atoms with van der Waals surface area (Å²) >= 11 is 0. The van der Waals surface area contributed by atoms with Gasteiger partial charge in [-0.1, -0.05) is 18.2 Å². The van der Waals surface area contributed by atoms with Crippen LogP contribution in [0.5, 0.6) is 0 Å². The third-order valence-corrected chi connectivity index (χ3v) is 2.30. The van der Waals surface area contributed by atoms with Crippen LogP contribution in [0.25, 0.3) is 0 Å². The minimum absolute atomic E-state index is 0.687. The summed E-state index contributed by atoms with van der Waals surface area (Å²) in [6.45, 7) is 1.37. The predicted molar refractivity (Wildman–Crippen MR) is 77.1 cm³/mol. The van der Waals surface area contributed by atoms with Gasteiger partial charge in [-0.25, -0.2) is 4.58 Å². The van der Waals surface area contributed by atoms with Gasteiger partial charge in [-0.3, -0.25) is 0 Å². The molecule has 0 unspecified atom stereocenters. The van der Waals surface area contributed by atoms with Crippen LogP contribution in [0.15, 0.2) is 47.7 Å². The molecule has 98 valence electrons. The quantitative estimate of drug-likeness (QED) is 0.556. The van der Waals surface area contributed by atoms with Crippen molar-refractivity contribution in [3.05, 3.63) is 47.7 Å². The lowest BCUT2D eigenvalue weighted by atomic mass is 10.1.